The summed E-state index contributed by atoms with van der Waals surface area (Å²) in [5.74, 6) is 1.41. The summed E-state index contributed by atoms with van der Waals surface area (Å²) in [6.45, 7) is 0.739. The summed E-state index contributed by atoms with van der Waals surface area (Å²) in [4.78, 5) is 13.1. The molecule has 0 atom stereocenters. The summed E-state index contributed by atoms with van der Waals surface area (Å²) in [7, 11) is 0. The molecular formula is C15H20ClNOS. The molecular weight excluding hydrogens is 278 g/mol. The third-order valence-corrected chi connectivity index (χ3v) is 4.73. The summed E-state index contributed by atoms with van der Waals surface area (Å²) in [5.41, 5.74) is 0. The van der Waals surface area contributed by atoms with Gasteiger partial charge in [-0.15, -0.1) is 11.8 Å². The molecule has 0 radical (unpaired) electrons. The van der Waals surface area contributed by atoms with Crippen LogP contribution < -0.4 is 5.32 Å². The fourth-order valence-electron chi connectivity index (χ4n) is 2.38. The van der Waals surface area contributed by atoms with E-state index in [1.807, 2.05) is 24.3 Å². The minimum absolute atomic E-state index is 0.247. The molecule has 1 amide bonds. The van der Waals surface area contributed by atoms with Gasteiger partial charge >= 0.3 is 0 Å². The molecule has 2 rings (SSSR count). The quantitative estimate of drug-likeness (QED) is 0.654. The molecule has 0 spiro atoms. The maximum absolute atomic E-state index is 11.9. The minimum Gasteiger partial charge on any atom is -0.355 e. The molecule has 0 bridgehead atoms. The van der Waals surface area contributed by atoms with Crippen molar-refractivity contribution >= 4 is 29.3 Å². The van der Waals surface area contributed by atoms with Gasteiger partial charge in [0, 0.05) is 28.1 Å². The van der Waals surface area contributed by atoms with Gasteiger partial charge in [0.25, 0.3) is 0 Å². The van der Waals surface area contributed by atoms with E-state index in [4.69, 9.17) is 11.6 Å². The van der Waals surface area contributed by atoms with Crippen LogP contribution in [0, 0.1) is 5.92 Å². The van der Waals surface area contributed by atoms with Crippen LogP contribution in [0.15, 0.2) is 29.2 Å². The van der Waals surface area contributed by atoms with Gasteiger partial charge in [-0.05, 0) is 37.1 Å². The third-order valence-electron chi connectivity index (χ3n) is 3.46. The Bertz CT molecular complexity index is 401. The highest BCUT2D eigenvalue weighted by molar-refractivity contribution is 7.99. The lowest BCUT2D eigenvalue weighted by Gasteiger charge is -2.20. The Morgan fingerprint density at radius 2 is 1.89 bits per heavy atom. The summed E-state index contributed by atoms with van der Waals surface area (Å²) in [6, 6.07) is 7.81. The van der Waals surface area contributed by atoms with E-state index in [2.05, 4.69) is 5.32 Å². The zero-order valence-electron chi connectivity index (χ0n) is 11.0. The molecule has 19 heavy (non-hydrogen) atoms. The first-order valence-corrected chi connectivity index (χ1v) is 8.28. The number of halogens is 1. The Labute approximate surface area is 124 Å². The van der Waals surface area contributed by atoms with Crippen molar-refractivity contribution in [2.75, 3.05) is 12.3 Å². The third kappa shape index (κ3) is 5.07. The van der Waals surface area contributed by atoms with E-state index in [-0.39, 0.29) is 11.8 Å². The summed E-state index contributed by atoms with van der Waals surface area (Å²) < 4.78 is 0. The predicted molar refractivity (Wildman–Crippen MR) is 81.8 cm³/mol. The van der Waals surface area contributed by atoms with Crippen LogP contribution in [0.2, 0.25) is 5.02 Å². The maximum Gasteiger partial charge on any atom is 0.223 e. The Morgan fingerprint density at radius 1 is 1.21 bits per heavy atom. The second-order valence-electron chi connectivity index (χ2n) is 4.93. The molecule has 1 aliphatic rings. The van der Waals surface area contributed by atoms with Crippen LogP contribution in [-0.2, 0) is 4.79 Å². The highest BCUT2D eigenvalue weighted by Gasteiger charge is 2.20. The number of carbonyl (C=O) groups excluding carboxylic acids is 1. The van der Waals surface area contributed by atoms with Crippen LogP contribution in [0.1, 0.15) is 32.1 Å². The first kappa shape index (κ1) is 14.7. The number of benzene rings is 1. The number of carbonyl (C=O) groups is 1. The Morgan fingerprint density at radius 3 is 2.58 bits per heavy atom. The van der Waals surface area contributed by atoms with E-state index in [1.54, 1.807) is 11.8 Å². The maximum atomic E-state index is 11.9. The Kier molecular flexibility index (Phi) is 6.05. The molecule has 0 unspecified atom stereocenters. The van der Waals surface area contributed by atoms with E-state index in [9.17, 15) is 4.79 Å². The molecule has 1 aromatic carbocycles. The number of rotatable bonds is 5. The van der Waals surface area contributed by atoms with Gasteiger partial charge in [-0.3, -0.25) is 4.79 Å². The molecule has 0 heterocycles. The molecule has 1 aromatic rings. The SMILES string of the molecule is O=C(NCCSc1ccc(Cl)cc1)C1CCCCC1. The molecule has 0 aromatic heterocycles. The molecule has 0 aliphatic heterocycles. The van der Waals surface area contributed by atoms with E-state index in [1.165, 1.54) is 24.2 Å². The molecule has 0 saturated heterocycles. The van der Waals surface area contributed by atoms with Crippen LogP contribution in [0.4, 0.5) is 0 Å². The van der Waals surface area contributed by atoms with Crippen LogP contribution in [0.5, 0.6) is 0 Å². The van der Waals surface area contributed by atoms with Gasteiger partial charge in [0.05, 0.1) is 0 Å². The topological polar surface area (TPSA) is 29.1 Å². The zero-order valence-corrected chi connectivity index (χ0v) is 12.6. The molecule has 1 saturated carbocycles. The average molecular weight is 298 g/mol. The van der Waals surface area contributed by atoms with Crippen LogP contribution in [0.3, 0.4) is 0 Å². The van der Waals surface area contributed by atoms with E-state index in [0.717, 1.165) is 30.2 Å². The number of hydrogen-bond acceptors (Lipinski definition) is 2. The van der Waals surface area contributed by atoms with E-state index in [0.29, 0.717) is 0 Å². The van der Waals surface area contributed by atoms with Gasteiger partial charge in [0.2, 0.25) is 5.91 Å². The van der Waals surface area contributed by atoms with Crippen molar-refractivity contribution in [3.63, 3.8) is 0 Å². The van der Waals surface area contributed by atoms with Crippen molar-refractivity contribution in [3.05, 3.63) is 29.3 Å². The first-order valence-electron chi connectivity index (χ1n) is 6.92. The van der Waals surface area contributed by atoms with Gasteiger partial charge in [-0.25, -0.2) is 0 Å². The van der Waals surface area contributed by atoms with Gasteiger partial charge in [0.1, 0.15) is 0 Å². The summed E-state index contributed by atoms with van der Waals surface area (Å²) >= 11 is 7.58. The first-order chi connectivity index (χ1) is 9.25. The second-order valence-corrected chi connectivity index (χ2v) is 6.53. The van der Waals surface area contributed by atoms with Gasteiger partial charge in [0.15, 0.2) is 0 Å². The molecule has 2 nitrogen and oxygen atoms in total. The number of thioether (sulfide) groups is 1. The highest BCUT2D eigenvalue weighted by Crippen LogP contribution is 2.24. The molecule has 104 valence electrons. The predicted octanol–water partition coefficient (Wildman–Crippen LogP) is 4.13. The summed E-state index contributed by atoms with van der Waals surface area (Å²) in [6.07, 6.45) is 5.83. The van der Waals surface area contributed by atoms with Gasteiger partial charge < -0.3 is 5.32 Å². The van der Waals surface area contributed by atoms with Crippen molar-refractivity contribution < 1.29 is 4.79 Å². The normalized spacial score (nSPS) is 16.3. The van der Waals surface area contributed by atoms with Crippen molar-refractivity contribution in [3.8, 4) is 0 Å². The average Bonchev–Trinajstić information content (AvgIpc) is 2.46. The van der Waals surface area contributed by atoms with Gasteiger partial charge in [-0.1, -0.05) is 30.9 Å². The Balaban J connectivity index is 1.63. The molecule has 1 fully saturated rings. The van der Waals surface area contributed by atoms with Crippen LogP contribution in [0.25, 0.3) is 0 Å². The van der Waals surface area contributed by atoms with Crippen LogP contribution in [-0.4, -0.2) is 18.2 Å². The lowest BCUT2D eigenvalue weighted by Crippen LogP contribution is -2.33. The standard InChI is InChI=1S/C15H20ClNOS/c16-13-6-8-14(9-7-13)19-11-10-17-15(18)12-4-2-1-3-5-12/h6-9,12H,1-5,10-11H2,(H,17,18). The number of nitrogens with one attached hydrogen (secondary N) is 1. The fraction of sp³-hybridized carbons (Fsp3) is 0.533. The van der Waals surface area contributed by atoms with Crippen molar-refractivity contribution in [1.82, 2.24) is 5.32 Å². The zero-order chi connectivity index (χ0) is 13.5. The lowest BCUT2D eigenvalue weighted by atomic mass is 9.89. The van der Waals surface area contributed by atoms with Crippen molar-refractivity contribution in [1.29, 1.82) is 0 Å². The Hall–Kier alpha value is -0.670. The number of hydrogen-bond donors (Lipinski definition) is 1. The second kappa shape index (κ2) is 7.81. The monoisotopic (exact) mass is 297 g/mol. The largest absolute Gasteiger partial charge is 0.355 e. The van der Waals surface area contributed by atoms with Gasteiger partial charge in [-0.2, -0.15) is 0 Å². The molecule has 1 aliphatic carbocycles. The summed E-state index contributed by atoms with van der Waals surface area (Å²) in [5, 5.41) is 3.81. The van der Waals surface area contributed by atoms with Crippen molar-refractivity contribution in [2.24, 2.45) is 5.92 Å². The fourth-order valence-corrected chi connectivity index (χ4v) is 3.28. The van der Waals surface area contributed by atoms with Crippen LogP contribution >= 0.6 is 23.4 Å². The number of amides is 1. The highest BCUT2D eigenvalue weighted by atomic mass is 35.5. The molecule has 4 heteroatoms. The minimum atomic E-state index is 0.247. The van der Waals surface area contributed by atoms with E-state index < -0.39 is 0 Å². The molecule has 1 N–H and O–H groups in total. The van der Waals surface area contributed by atoms with E-state index >= 15 is 0 Å². The smallest absolute Gasteiger partial charge is 0.223 e. The lowest BCUT2D eigenvalue weighted by molar-refractivity contribution is -0.125. The van der Waals surface area contributed by atoms with Crippen molar-refractivity contribution in [2.45, 2.75) is 37.0 Å².